The zero-order valence-corrected chi connectivity index (χ0v) is 14.1. The first kappa shape index (κ1) is 16.2. The number of halogens is 2. The summed E-state index contributed by atoms with van der Waals surface area (Å²) in [5.41, 5.74) is 3.13. The van der Waals surface area contributed by atoms with Crippen LogP contribution in [0.5, 0.6) is 5.75 Å². The van der Waals surface area contributed by atoms with Crippen molar-refractivity contribution in [3.63, 3.8) is 0 Å². The number of aryl methyl sites for hydroxylation is 2. The van der Waals surface area contributed by atoms with Crippen molar-refractivity contribution in [1.29, 1.82) is 0 Å². The average Bonchev–Trinajstić information content (AvgIpc) is 2.73. The predicted molar refractivity (Wildman–Crippen MR) is 87.6 cm³/mol. The lowest BCUT2D eigenvalue weighted by Gasteiger charge is -2.15. The SMILES string of the molecule is COc1cccc(CC(CCl)Cc2c(Cl)c(C)nn2C)c1. The molecule has 0 amide bonds. The van der Waals surface area contributed by atoms with Gasteiger partial charge in [-0.3, -0.25) is 4.68 Å². The van der Waals surface area contributed by atoms with Crippen molar-refractivity contribution < 1.29 is 4.74 Å². The maximum atomic E-state index is 6.32. The minimum atomic E-state index is 0.311. The number of aromatic nitrogens is 2. The van der Waals surface area contributed by atoms with Crippen LogP contribution < -0.4 is 4.74 Å². The van der Waals surface area contributed by atoms with Crippen LogP contribution in [0.2, 0.25) is 5.02 Å². The highest BCUT2D eigenvalue weighted by molar-refractivity contribution is 6.31. The van der Waals surface area contributed by atoms with E-state index in [0.717, 1.165) is 35.0 Å². The number of alkyl halides is 1. The van der Waals surface area contributed by atoms with E-state index in [1.165, 1.54) is 5.56 Å². The Morgan fingerprint density at radius 1 is 1.33 bits per heavy atom. The van der Waals surface area contributed by atoms with Crippen LogP contribution in [0.4, 0.5) is 0 Å². The smallest absolute Gasteiger partial charge is 0.119 e. The van der Waals surface area contributed by atoms with Gasteiger partial charge in [-0.25, -0.2) is 0 Å². The Balaban J connectivity index is 2.13. The van der Waals surface area contributed by atoms with Gasteiger partial charge < -0.3 is 4.74 Å². The molecule has 1 atom stereocenters. The fourth-order valence-corrected chi connectivity index (χ4v) is 2.94. The highest BCUT2D eigenvalue weighted by Gasteiger charge is 2.17. The molecule has 0 aliphatic rings. The minimum absolute atomic E-state index is 0.311. The van der Waals surface area contributed by atoms with Crippen LogP contribution in [0, 0.1) is 12.8 Å². The summed E-state index contributed by atoms with van der Waals surface area (Å²) in [7, 11) is 3.60. The van der Waals surface area contributed by atoms with Crippen molar-refractivity contribution in [3.8, 4) is 5.75 Å². The first-order chi connectivity index (χ1) is 10.0. The highest BCUT2D eigenvalue weighted by atomic mass is 35.5. The third kappa shape index (κ3) is 3.92. The van der Waals surface area contributed by atoms with Gasteiger partial charge in [0.15, 0.2) is 0 Å². The molecule has 0 saturated heterocycles. The quantitative estimate of drug-likeness (QED) is 0.749. The predicted octanol–water partition coefficient (Wildman–Crippen LogP) is 4.03. The van der Waals surface area contributed by atoms with Crippen LogP contribution in [0.15, 0.2) is 24.3 Å². The highest BCUT2D eigenvalue weighted by Crippen LogP contribution is 2.25. The number of benzene rings is 1. The molecule has 3 nitrogen and oxygen atoms in total. The van der Waals surface area contributed by atoms with Crippen molar-refractivity contribution in [2.45, 2.75) is 19.8 Å². The maximum absolute atomic E-state index is 6.32. The second kappa shape index (κ2) is 7.19. The molecule has 1 aromatic carbocycles. The van der Waals surface area contributed by atoms with Crippen LogP contribution in [-0.2, 0) is 19.9 Å². The van der Waals surface area contributed by atoms with Gasteiger partial charge in [-0.05, 0) is 43.4 Å². The van der Waals surface area contributed by atoms with Gasteiger partial charge in [0.2, 0.25) is 0 Å². The molecule has 21 heavy (non-hydrogen) atoms. The van der Waals surface area contributed by atoms with Gasteiger partial charge in [-0.1, -0.05) is 23.7 Å². The second-order valence-corrected chi connectivity index (χ2v) is 5.94. The van der Waals surface area contributed by atoms with E-state index in [-0.39, 0.29) is 0 Å². The molecule has 5 heteroatoms. The lowest BCUT2D eigenvalue weighted by Crippen LogP contribution is -2.13. The van der Waals surface area contributed by atoms with Crippen LogP contribution >= 0.6 is 23.2 Å². The summed E-state index contributed by atoms with van der Waals surface area (Å²) in [6, 6.07) is 8.09. The van der Waals surface area contributed by atoms with Crippen LogP contribution in [0.3, 0.4) is 0 Å². The van der Waals surface area contributed by atoms with E-state index in [9.17, 15) is 0 Å². The van der Waals surface area contributed by atoms with Gasteiger partial charge in [0.05, 0.1) is 23.5 Å². The van der Waals surface area contributed by atoms with Crippen molar-refractivity contribution in [2.75, 3.05) is 13.0 Å². The molecule has 0 N–H and O–H groups in total. The largest absolute Gasteiger partial charge is 0.497 e. The Morgan fingerprint density at radius 2 is 2.10 bits per heavy atom. The molecule has 0 radical (unpaired) electrons. The number of rotatable bonds is 6. The molecule has 0 aliphatic heterocycles. The molecule has 0 saturated carbocycles. The fraction of sp³-hybridized carbons (Fsp3) is 0.438. The Kier molecular flexibility index (Phi) is 5.54. The third-order valence-electron chi connectivity index (χ3n) is 3.62. The van der Waals surface area contributed by atoms with Gasteiger partial charge in [0.1, 0.15) is 5.75 Å². The summed E-state index contributed by atoms with van der Waals surface area (Å²) in [6.07, 6.45) is 1.71. The molecule has 0 spiro atoms. The molecule has 1 aromatic heterocycles. The number of hydrogen-bond donors (Lipinski definition) is 0. The Hall–Kier alpha value is -1.19. The molecule has 2 rings (SSSR count). The van der Waals surface area contributed by atoms with E-state index in [0.29, 0.717) is 11.8 Å². The maximum Gasteiger partial charge on any atom is 0.119 e. The molecule has 1 heterocycles. The summed E-state index contributed by atoms with van der Waals surface area (Å²) in [6.45, 7) is 1.92. The Bertz CT molecular complexity index is 610. The van der Waals surface area contributed by atoms with E-state index in [4.69, 9.17) is 27.9 Å². The monoisotopic (exact) mass is 326 g/mol. The number of nitrogens with zero attached hydrogens (tertiary/aromatic N) is 2. The number of ether oxygens (including phenoxy) is 1. The zero-order valence-electron chi connectivity index (χ0n) is 12.6. The summed E-state index contributed by atoms with van der Waals surface area (Å²) in [5.74, 6) is 1.76. The number of methoxy groups -OCH3 is 1. The zero-order chi connectivity index (χ0) is 15.4. The molecular weight excluding hydrogens is 307 g/mol. The fourth-order valence-electron chi connectivity index (χ4n) is 2.49. The summed E-state index contributed by atoms with van der Waals surface area (Å²) >= 11 is 12.5. The van der Waals surface area contributed by atoms with Gasteiger partial charge in [0.25, 0.3) is 0 Å². The average molecular weight is 327 g/mol. The summed E-state index contributed by atoms with van der Waals surface area (Å²) < 4.78 is 7.11. The molecule has 0 aliphatic carbocycles. The summed E-state index contributed by atoms with van der Waals surface area (Å²) in [5, 5.41) is 5.10. The van der Waals surface area contributed by atoms with E-state index in [1.54, 1.807) is 7.11 Å². The molecule has 2 aromatic rings. The van der Waals surface area contributed by atoms with Gasteiger partial charge in [-0.2, -0.15) is 5.10 Å². The van der Waals surface area contributed by atoms with Crippen molar-refractivity contribution in [1.82, 2.24) is 9.78 Å². The topological polar surface area (TPSA) is 27.1 Å². The van der Waals surface area contributed by atoms with E-state index in [1.807, 2.05) is 30.8 Å². The lowest BCUT2D eigenvalue weighted by atomic mass is 9.96. The van der Waals surface area contributed by atoms with Gasteiger partial charge in [-0.15, -0.1) is 11.6 Å². The van der Waals surface area contributed by atoms with Gasteiger partial charge >= 0.3 is 0 Å². The van der Waals surface area contributed by atoms with Crippen LogP contribution in [0.25, 0.3) is 0 Å². The van der Waals surface area contributed by atoms with E-state index >= 15 is 0 Å². The van der Waals surface area contributed by atoms with E-state index in [2.05, 4.69) is 17.2 Å². The first-order valence-electron chi connectivity index (χ1n) is 6.92. The van der Waals surface area contributed by atoms with Crippen LogP contribution in [0.1, 0.15) is 17.0 Å². The van der Waals surface area contributed by atoms with Crippen molar-refractivity contribution >= 4 is 23.2 Å². The molecule has 1 unspecified atom stereocenters. The molecular formula is C16H20Cl2N2O. The van der Waals surface area contributed by atoms with Crippen LogP contribution in [-0.4, -0.2) is 22.8 Å². The lowest BCUT2D eigenvalue weighted by molar-refractivity contribution is 0.413. The molecule has 0 fully saturated rings. The Labute approximate surface area is 135 Å². The third-order valence-corrected chi connectivity index (χ3v) is 4.55. The standard InChI is InChI=1S/C16H20Cl2N2O/c1-11-16(18)15(20(2)19-11)9-13(10-17)7-12-5-4-6-14(8-12)21-3/h4-6,8,13H,7,9-10H2,1-3H3. The minimum Gasteiger partial charge on any atom is -0.497 e. The molecule has 114 valence electrons. The van der Waals surface area contributed by atoms with E-state index < -0.39 is 0 Å². The molecule has 0 bridgehead atoms. The normalized spacial score (nSPS) is 12.4. The summed E-state index contributed by atoms with van der Waals surface area (Å²) in [4.78, 5) is 0. The number of hydrogen-bond acceptors (Lipinski definition) is 2. The second-order valence-electron chi connectivity index (χ2n) is 5.25. The van der Waals surface area contributed by atoms with Crippen molar-refractivity contribution in [2.24, 2.45) is 13.0 Å². The first-order valence-corrected chi connectivity index (χ1v) is 7.83. The van der Waals surface area contributed by atoms with Crippen molar-refractivity contribution in [3.05, 3.63) is 46.2 Å². The van der Waals surface area contributed by atoms with Gasteiger partial charge in [0, 0.05) is 12.9 Å². The Morgan fingerprint density at radius 3 is 2.67 bits per heavy atom.